The summed E-state index contributed by atoms with van der Waals surface area (Å²) in [5.74, 6) is 0.870. The van der Waals surface area contributed by atoms with Crippen LogP contribution in [-0.2, 0) is 11.2 Å². The van der Waals surface area contributed by atoms with Crippen LogP contribution in [0.4, 0.5) is 5.13 Å². The molecule has 1 saturated heterocycles. The van der Waals surface area contributed by atoms with Crippen molar-refractivity contribution < 1.29 is 4.79 Å². The van der Waals surface area contributed by atoms with Gasteiger partial charge in [0, 0.05) is 19.6 Å². The fraction of sp³-hybridized carbons (Fsp3) is 0.450. The first-order valence-corrected chi connectivity index (χ1v) is 11.0. The number of likely N-dealkylation sites (tertiary alicyclic amines) is 1. The number of aromatic nitrogens is 2. The van der Waals surface area contributed by atoms with E-state index in [0.29, 0.717) is 12.5 Å². The molecule has 27 heavy (non-hydrogen) atoms. The minimum Gasteiger partial charge on any atom is -0.357 e. The van der Waals surface area contributed by atoms with Crippen LogP contribution in [0.2, 0.25) is 0 Å². The molecule has 1 aliphatic rings. The summed E-state index contributed by atoms with van der Waals surface area (Å²) in [5.41, 5.74) is 1.39. The van der Waals surface area contributed by atoms with Crippen LogP contribution in [0.5, 0.6) is 0 Å². The van der Waals surface area contributed by atoms with Gasteiger partial charge in [0.25, 0.3) is 0 Å². The van der Waals surface area contributed by atoms with Crippen LogP contribution in [0, 0.1) is 5.92 Å². The van der Waals surface area contributed by atoms with E-state index in [0.717, 1.165) is 41.8 Å². The van der Waals surface area contributed by atoms with Gasteiger partial charge < -0.3 is 10.2 Å². The number of hydrogen-bond donors (Lipinski definition) is 1. The maximum absolute atomic E-state index is 12.8. The predicted octanol–water partition coefficient (Wildman–Crippen LogP) is 4.10. The van der Waals surface area contributed by atoms with Crippen molar-refractivity contribution in [3.8, 4) is 0 Å². The van der Waals surface area contributed by atoms with Gasteiger partial charge in [-0.05, 0) is 37.7 Å². The van der Waals surface area contributed by atoms with Crippen molar-refractivity contribution in [3.05, 3.63) is 48.6 Å². The van der Waals surface area contributed by atoms with Gasteiger partial charge in [0.05, 0.1) is 5.25 Å². The van der Waals surface area contributed by atoms with Crippen LogP contribution in [0.3, 0.4) is 0 Å². The summed E-state index contributed by atoms with van der Waals surface area (Å²) < 4.78 is 0.821. The predicted molar refractivity (Wildman–Crippen MR) is 113 cm³/mol. The van der Waals surface area contributed by atoms with Crippen molar-refractivity contribution in [3.63, 3.8) is 0 Å². The van der Waals surface area contributed by atoms with Crippen LogP contribution in [0.25, 0.3) is 0 Å². The number of rotatable bonds is 8. The molecule has 0 spiro atoms. The summed E-state index contributed by atoms with van der Waals surface area (Å²) >= 11 is 2.97. The van der Waals surface area contributed by atoms with Gasteiger partial charge in [-0.25, -0.2) is 0 Å². The Labute approximate surface area is 169 Å². The van der Waals surface area contributed by atoms with E-state index in [4.69, 9.17) is 0 Å². The van der Waals surface area contributed by atoms with Gasteiger partial charge in [0.1, 0.15) is 0 Å². The molecule has 0 aliphatic carbocycles. The summed E-state index contributed by atoms with van der Waals surface area (Å²) in [6, 6.07) is 10.6. The van der Waals surface area contributed by atoms with E-state index in [9.17, 15) is 4.79 Å². The zero-order valence-electron chi connectivity index (χ0n) is 15.6. The molecular formula is C20H26N4OS2. The molecule has 2 heterocycles. The van der Waals surface area contributed by atoms with E-state index < -0.39 is 0 Å². The zero-order chi connectivity index (χ0) is 19.1. The SMILES string of the molecule is C=CCNc1nnc(SC(C)C(=O)N2CCC(Cc3ccccc3)CC2)s1. The Morgan fingerprint density at radius 3 is 2.81 bits per heavy atom. The van der Waals surface area contributed by atoms with Gasteiger partial charge in [-0.3, -0.25) is 4.79 Å². The number of hydrogen-bond acceptors (Lipinski definition) is 6. The van der Waals surface area contributed by atoms with Crippen LogP contribution < -0.4 is 5.32 Å². The summed E-state index contributed by atoms with van der Waals surface area (Å²) in [7, 11) is 0. The summed E-state index contributed by atoms with van der Waals surface area (Å²) in [5, 5.41) is 12.0. The van der Waals surface area contributed by atoms with Crippen molar-refractivity contribution in [1.29, 1.82) is 0 Å². The first-order valence-electron chi connectivity index (χ1n) is 9.33. The van der Waals surface area contributed by atoms with E-state index in [1.54, 1.807) is 6.08 Å². The lowest BCUT2D eigenvalue weighted by Crippen LogP contribution is -2.42. The summed E-state index contributed by atoms with van der Waals surface area (Å²) in [6.45, 7) is 7.99. The Morgan fingerprint density at radius 2 is 2.11 bits per heavy atom. The van der Waals surface area contributed by atoms with E-state index in [1.807, 2.05) is 11.8 Å². The lowest BCUT2D eigenvalue weighted by atomic mass is 9.90. The van der Waals surface area contributed by atoms with Crippen LogP contribution in [0.1, 0.15) is 25.3 Å². The Bertz CT molecular complexity index is 741. The van der Waals surface area contributed by atoms with E-state index in [-0.39, 0.29) is 11.2 Å². The Morgan fingerprint density at radius 1 is 1.37 bits per heavy atom. The molecule has 3 rings (SSSR count). The molecular weight excluding hydrogens is 376 g/mol. The van der Waals surface area contributed by atoms with Gasteiger partial charge in [0.15, 0.2) is 4.34 Å². The average molecular weight is 403 g/mol. The standard InChI is InChI=1S/C20H26N4OS2/c1-3-11-21-19-22-23-20(27-19)26-15(2)18(25)24-12-9-17(10-13-24)14-16-7-5-4-6-8-16/h3-8,15,17H,1,9-14H2,2H3,(H,21,22). The highest BCUT2D eigenvalue weighted by Gasteiger charge is 2.27. The van der Waals surface area contributed by atoms with Gasteiger partial charge >= 0.3 is 0 Å². The first-order chi connectivity index (χ1) is 13.2. The molecule has 0 saturated carbocycles. The fourth-order valence-corrected chi connectivity index (χ4v) is 5.24. The third-order valence-corrected chi connectivity index (χ3v) is 6.78. The number of piperidine rings is 1. The molecule has 0 radical (unpaired) electrons. The van der Waals surface area contributed by atoms with Gasteiger partial charge in [-0.2, -0.15) is 0 Å². The number of carbonyl (C=O) groups excluding carboxylic acids is 1. The number of nitrogens with zero attached hydrogens (tertiary/aromatic N) is 3. The molecule has 1 aromatic heterocycles. The van der Waals surface area contributed by atoms with Crippen molar-refractivity contribution in [2.24, 2.45) is 5.92 Å². The molecule has 0 bridgehead atoms. The molecule has 1 N–H and O–H groups in total. The number of benzene rings is 1. The maximum atomic E-state index is 12.8. The Kier molecular flexibility index (Phi) is 7.29. The van der Waals surface area contributed by atoms with Crippen LogP contribution in [-0.4, -0.2) is 45.9 Å². The van der Waals surface area contributed by atoms with Crippen molar-refractivity contribution in [2.45, 2.75) is 35.8 Å². The van der Waals surface area contributed by atoms with Crippen LogP contribution in [0.15, 0.2) is 47.3 Å². The largest absolute Gasteiger partial charge is 0.357 e. The normalized spacial score (nSPS) is 16.1. The second-order valence-corrected chi connectivity index (χ2v) is 9.33. The maximum Gasteiger partial charge on any atom is 0.235 e. The molecule has 2 aromatic rings. The number of carbonyl (C=O) groups is 1. The molecule has 1 unspecified atom stereocenters. The topological polar surface area (TPSA) is 58.1 Å². The number of nitrogens with one attached hydrogen (secondary N) is 1. The second-order valence-electron chi connectivity index (χ2n) is 6.76. The Hall–Kier alpha value is -1.86. The minimum absolute atomic E-state index is 0.143. The molecule has 7 heteroatoms. The molecule has 1 amide bonds. The lowest BCUT2D eigenvalue weighted by molar-refractivity contribution is -0.131. The quantitative estimate of drug-likeness (QED) is 0.532. The molecule has 1 aromatic carbocycles. The third kappa shape index (κ3) is 5.81. The highest BCUT2D eigenvalue weighted by molar-refractivity contribution is 8.02. The lowest BCUT2D eigenvalue weighted by Gasteiger charge is -2.33. The van der Waals surface area contributed by atoms with E-state index >= 15 is 0 Å². The third-order valence-electron chi connectivity index (χ3n) is 4.72. The molecule has 1 aliphatic heterocycles. The Balaban J connectivity index is 1.45. The van der Waals surface area contributed by atoms with Crippen molar-refractivity contribution in [1.82, 2.24) is 15.1 Å². The van der Waals surface area contributed by atoms with Gasteiger partial charge in [-0.15, -0.1) is 16.8 Å². The summed E-state index contributed by atoms with van der Waals surface area (Å²) in [6.07, 6.45) is 5.04. The first kappa shape index (κ1) is 19.9. The second kappa shape index (κ2) is 9.90. The summed E-state index contributed by atoms with van der Waals surface area (Å²) in [4.78, 5) is 14.8. The highest BCUT2D eigenvalue weighted by Crippen LogP contribution is 2.30. The fourth-order valence-electron chi connectivity index (χ4n) is 3.25. The molecule has 1 fully saturated rings. The van der Waals surface area contributed by atoms with Crippen molar-refractivity contribution in [2.75, 3.05) is 25.0 Å². The van der Waals surface area contributed by atoms with Crippen molar-refractivity contribution >= 4 is 34.1 Å². The van der Waals surface area contributed by atoms with Gasteiger partial charge in [0.2, 0.25) is 11.0 Å². The smallest absolute Gasteiger partial charge is 0.235 e. The number of amides is 1. The zero-order valence-corrected chi connectivity index (χ0v) is 17.3. The van der Waals surface area contributed by atoms with Gasteiger partial charge in [-0.1, -0.05) is 59.5 Å². The monoisotopic (exact) mass is 402 g/mol. The average Bonchev–Trinajstić information content (AvgIpc) is 3.14. The highest BCUT2D eigenvalue weighted by atomic mass is 32.2. The van der Waals surface area contributed by atoms with Crippen LogP contribution >= 0.6 is 23.1 Å². The molecule has 5 nitrogen and oxygen atoms in total. The minimum atomic E-state index is -0.143. The number of thioether (sulfide) groups is 1. The molecule has 144 valence electrons. The van der Waals surface area contributed by atoms with E-state index in [1.165, 1.54) is 28.7 Å². The molecule has 1 atom stereocenters. The van der Waals surface area contributed by atoms with E-state index in [2.05, 4.69) is 52.4 Å². The number of anilines is 1.